The van der Waals surface area contributed by atoms with E-state index in [1.165, 1.54) is 11.8 Å². The number of thioether (sulfide) groups is 1. The monoisotopic (exact) mass is 573 g/mol. The maximum atomic E-state index is 14.0. The molecule has 2 amide bonds. The number of carbonyl (C=O) groups is 2. The van der Waals surface area contributed by atoms with E-state index in [1.807, 2.05) is 87.4 Å². The van der Waals surface area contributed by atoms with Crippen LogP contribution in [0.3, 0.4) is 0 Å². The lowest BCUT2D eigenvalue weighted by atomic mass is 9.86. The predicted octanol–water partition coefficient (Wildman–Crippen LogP) is 5.65. The molecule has 216 valence electrons. The highest BCUT2D eigenvalue weighted by atomic mass is 32.2. The number of anilines is 2. The average molecular weight is 574 g/mol. The van der Waals surface area contributed by atoms with Crippen LogP contribution in [0.25, 0.3) is 0 Å². The summed E-state index contributed by atoms with van der Waals surface area (Å²) >= 11 is 1.30. The van der Waals surface area contributed by atoms with Gasteiger partial charge in [0.25, 0.3) is 0 Å². The summed E-state index contributed by atoms with van der Waals surface area (Å²) in [4.78, 5) is 40.8. The van der Waals surface area contributed by atoms with E-state index in [2.05, 4.69) is 27.4 Å². The second-order valence-electron chi connectivity index (χ2n) is 10.5. The number of benzene rings is 2. The zero-order valence-corrected chi connectivity index (χ0v) is 25.3. The number of carbonyl (C=O) groups excluding carboxylic acids is 2. The lowest BCUT2D eigenvalue weighted by Crippen LogP contribution is -2.51. The molecular formula is C32H39N5O3S. The van der Waals surface area contributed by atoms with Crippen molar-refractivity contribution in [2.24, 2.45) is 5.92 Å². The molecule has 1 N–H and O–H groups in total. The zero-order valence-electron chi connectivity index (χ0n) is 24.5. The molecule has 1 aliphatic carbocycles. The minimum atomic E-state index is -0.649. The Morgan fingerprint density at radius 1 is 1.02 bits per heavy atom. The van der Waals surface area contributed by atoms with Crippen LogP contribution >= 0.6 is 11.8 Å². The number of ether oxygens (including phenoxy) is 1. The van der Waals surface area contributed by atoms with Crippen LogP contribution < -0.4 is 15.0 Å². The number of nitrogens with one attached hydrogen (secondary N) is 1. The number of aryl methyl sites for hydroxylation is 2. The van der Waals surface area contributed by atoms with Gasteiger partial charge < -0.3 is 19.9 Å². The molecule has 0 fully saturated rings. The summed E-state index contributed by atoms with van der Waals surface area (Å²) in [5.41, 5.74) is 4.38. The second-order valence-corrected chi connectivity index (χ2v) is 11.5. The van der Waals surface area contributed by atoms with Gasteiger partial charge in [0.05, 0.1) is 12.9 Å². The van der Waals surface area contributed by atoms with Gasteiger partial charge in [-0.1, -0.05) is 36.0 Å². The van der Waals surface area contributed by atoms with Crippen LogP contribution in [-0.2, 0) is 16.1 Å². The standard InChI is InChI=1S/C32H39N5O3S/c1-22-19-23(2)34-32(33-22)41-21-29(38)37(20-24-11-17-28(40-5)18-12-24)30(25-9-7-6-8-10-25)31(39)35-26-13-15-27(16-14-26)36(3)4/h6-7,11-19,25,30H,8-10,20-21H2,1-5H3,(H,35,39)/t25-,30-/m1/s1. The first kappa shape index (κ1) is 30.1. The van der Waals surface area contributed by atoms with Gasteiger partial charge in [-0.2, -0.15) is 0 Å². The highest BCUT2D eigenvalue weighted by Crippen LogP contribution is 2.29. The molecular weight excluding hydrogens is 534 g/mol. The van der Waals surface area contributed by atoms with Crippen LogP contribution in [0.15, 0.2) is 71.9 Å². The first-order valence-corrected chi connectivity index (χ1v) is 14.8. The summed E-state index contributed by atoms with van der Waals surface area (Å²) in [5.74, 6) is 0.541. The van der Waals surface area contributed by atoms with Gasteiger partial charge in [-0.05, 0) is 87.1 Å². The van der Waals surface area contributed by atoms with E-state index in [-0.39, 0.29) is 23.5 Å². The average Bonchev–Trinajstić information content (AvgIpc) is 2.96. The number of methoxy groups -OCH3 is 1. The number of rotatable bonds is 11. The molecule has 1 heterocycles. The van der Waals surface area contributed by atoms with Crippen molar-refractivity contribution in [3.63, 3.8) is 0 Å². The molecule has 8 nitrogen and oxygen atoms in total. The third-order valence-electron chi connectivity index (χ3n) is 7.13. The Morgan fingerprint density at radius 3 is 2.29 bits per heavy atom. The van der Waals surface area contributed by atoms with Gasteiger partial charge in [0.15, 0.2) is 5.16 Å². The first-order valence-electron chi connectivity index (χ1n) is 13.8. The molecule has 0 saturated carbocycles. The fraction of sp³-hybridized carbons (Fsp3) is 0.375. The van der Waals surface area contributed by atoms with E-state index in [9.17, 15) is 9.59 Å². The van der Waals surface area contributed by atoms with Crippen molar-refractivity contribution in [1.82, 2.24) is 14.9 Å². The number of hydrogen-bond acceptors (Lipinski definition) is 7. The Bertz CT molecular complexity index is 1340. The summed E-state index contributed by atoms with van der Waals surface area (Å²) < 4.78 is 5.33. The van der Waals surface area contributed by atoms with Crippen molar-refractivity contribution >= 4 is 35.0 Å². The van der Waals surface area contributed by atoms with Gasteiger partial charge in [0.2, 0.25) is 11.8 Å². The molecule has 0 unspecified atom stereocenters. The van der Waals surface area contributed by atoms with Crippen LogP contribution in [0.5, 0.6) is 5.75 Å². The van der Waals surface area contributed by atoms with Crippen molar-refractivity contribution < 1.29 is 14.3 Å². The molecule has 0 aliphatic heterocycles. The van der Waals surface area contributed by atoms with Crippen LogP contribution in [-0.4, -0.2) is 59.7 Å². The number of hydrogen-bond donors (Lipinski definition) is 1. The molecule has 1 aliphatic rings. The van der Waals surface area contributed by atoms with Gasteiger partial charge in [-0.3, -0.25) is 9.59 Å². The smallest absolute Gasteiger partial charge is 0.247 e. The van der Waals surface area contributed by atoms with E-state index >= 15 is 0 Å². The molecule has 0 spiro atoms. The maximum Gasteiger partial charge on any atom is 0.247 e. The van der Waals surface area contributed by atoms with Crippen LogP contribution in [0.2, 0.25) is 0 Å². The summed E-state index contributed by atoms with van der Waals surface area (Å²) in [6.07, 6.45) is 6.70. The first-order chi connectivity index (χ1) is 19.7. The zero-order chi connectivity index (χ0) is 29.4. The summed E-state index contributed by atoms with van der Waals surface area (Å²) in [7, 11) is 5.58. The van der Waals surface area contributed by atoms with Gasteiger partial charge in [0.1, 0.15) is 11.8 Å². The SMILES string of the molecule is COc1ccc(CN(C(=O)CSc2nc(C)cc(C)n2)[C@@H](C(=O)Nc2ccc(N(C)C)cc2)[C@@H]2CC=CCC2)cc1. The molecule has 2 aromatic carbocycles. The quantitative estimate of drug-likeness (QED) is 0.180. The second kappa shape index (κ2) is 14.2. The van der Waals surface area contributed by atoms with Crippen molar-refractivity contribution in [2.75, 3.05) is 37.2 Å². The lowest BCUT2D eigenvalue weighted by Gasteiger charge is -2.37. The highest BCUT2D eigenvalue weighted by molar-refractivity contribution is 7.99. The van der Waals surface area contributed by atoms with Crippen molar-refractivity contribution in [3.8, 4) is 5.75 Å². The number of nitrogens with zero attached hydrogens (tertiary/aromatic N) is 4. The summed E-state index contributed by atoms with van der Waals surface area (Å²) in [5, 5.41) is 3.66. The molecule has 0 saturated heterocycles. The van der Waals surface area contributed by atoms with Gasteiger partial charge in [0, 0.05) is 43.4 Å². The number of amides is 2. The van der Waals surface area contributed by atoms with Gasteiger partial charge in [-0.15, -0.1) is 0 Å². The maximum absolute atomic E-state index is 14.0. The van der Waals surface area contributed by atoms with Crippen LogP contribution in [0, 0.1) is 19.8 Å². The van der Waals surface area contributed by atoms with E-state index in [4.69, 9.17) is 4.74 Å². The van der Waals surface area contributed by atoms with Crippen molar-refractivity contribution in [1.29, 1.82) is 0 Å². The number of aromatic nitrogens is 2. The Hall–Kier alpha value is -3.85. The molecule has 3 aromatic rings. The predicted molar refractivity (Wildman–Crippen MR) is 165 cm³/mol. The van der Waals surface area contributed by atoms with E-state index < -0.39 is 6.04 Å². The Balaban J connectivity index is 1.64. The Kier molecular flexibility index (Phi) is 10.4. The molecule has 9 heteroatoms. The molecule has 2 atom stereocenters. The minimum Gasteiger partial charge on any atom is -0.497 e. The summed E-state index contributed by atoms with van der Waals surface area (Å²) in [6.45, 7) is 4.13. The van der Waals surface area contributed by atoms with E-state index in [1.54, 1.807) is 12.0 Å². The fourth-order valence-electron chi connectivity index (χ4n) is 5.01. The topological polar surface area (TPSA) is 87.7 Å². The normalized spacial score (nSPS) is 15.2. The largest absolute Gasteiger partial charge is 0.497 e. The van der Waals surface area contributed by atoms with Gasteiger partial charge >= 0.3 is 0 Å². The Labute approximate surface area is 247 Å². The van der Waals surface area contributed by atoms with Crippen molar-refractivity contribution in [3.05, 3.63) is 83.7 Å². The minimum absolute atomic E-state index is 0.00860. The van der Waals surface area contributed by atoms with E-state index in [0.717, 1.165) is 47.7 Å². The molecule has 0 bridgehead atoms. The number of allylic oxidation sites excluding steroid dienone is 2. The van der Waals surface area contributed by atoms with E-state index in [0.29, 0.717) is 17.4 Å². The van der Waals surface area contributed by atoms with Crippen LogP contribution in [0.1, 0.15) is 36.2 Å². The Morgan fingerprint density at radius 2 is 1.71 bits per heavy atom. The third kappa shape index (κ3) is 8.33. The molecule has 0 radical (unpaired) electrons. The third-order valence-corrected chi connectivity index (χ3v) is 7.96. The summed E-state index contributed by atoms with van der Waals surface area (Å²) in [6, 6.07) is 16.6. The molecule has 1 aromatic heterocycles. The molecule has 41 heavy (non-hydrogen) atoms. The van der Waals surface area contributed by atoms with Gasteiger partial charge in [-0.25, -0.2) is 9.97 Å². The van der Waals surface area contributed by atoms with Crippen LogP contribution in [0.4, 0.5) is 11.4 Å². The lowest BCUT2D eigenvalue weighted by molar-refractivity contribution is -0.139. The van der Waals surface area contributed by atoms with Crippen molar-refractivity contribution in [2.45, 2.75) is 50.9 Å². The fourth-order valence-corrected chi connectivity index (χ4v) is 5.85. The highest BCUT2D eigenvalue weighted by Gasteiger charge is 2.36. The molecule has 4 rings (SSSR count).